The van der Waals surface area contributed by atoms with Gasteiger partial charge in [0.05, 0.1) is 16.4 Å². The Hall–Kier alpha value is -4.99. The summed E-state index contributed by atoms with van der Waals surface area (Å²) in [6, 6.07) is 8.43. The second kappa shape index (κ2) is 13.9. The molecule has 0 aliphatic carbocycles. The number of nitro groups is 1. The molecule has 2 rings (SSSR count). The van der Waals surface area contributed by atoms with Gasteiger partial charge in [0.25, 0.3) is 5.69 Å². The van der Waals surface area contributed by atoms with Crippen molar-refractivity contribution in [3.63, 3.8) is 0 Å². The molecule has 2 aromatic rings. The number of nitrogens with one attached hydrogen (secondary N) is 2. The molecule has 2 aromatic carbocycles. The van der Waals surface area contributed by atoms with Crippen LogP contribution in [-0.4, -0.2) is 36.7 Å². The number of hydrogen-bond donors (Lipinski definition) is 2. The number of benzene rings is 2. The molecule has 0 saturated carbocycles. The van der Waals surface area contributed by atoms with Crippen LogP contribution in [0, 0.1) is 29.1 Å². The molecule has 0 radical (unpaired) electrons. The van der Waals surface area contributed by atoms with Crippen molar-refractivity contribution in [3.8, 4) is 23.5 Å². The third kappa shape index (κ3) is 8.59. The molecule has 2 N–H and O–H groups in total. The van der Waals surface area contributed by atoms with E-state index in [1.54, 1.807) is 32.0 Å². The van der Waals surface area contributed by atoms with Gasteiger partial charge in [0.1, 0.15) is 18.0 Å². The van der Waals surface area contributed by atoms with Crippen LogP contribution in [0.5, 0.6) is 11.5 Å². The molecular formula is C25H27N3O10. The van der Waals surface area contributed by atoms with Crippen LogP contribution in [-0.2, 0) is 19.2 Å². The van der Waals surface area contributed by atoms with Crippen LogP contribution < -0.4 is 20.3 Å². The van der Waals surface area contributed by atoms with E-state index in [0.29, 0.717) is 12.1 Å². The van der Waals surface area contributed by atoms with Gasteiger partial charge in [-0.25, -0.2) is 19.3 Å². The van der Waals surface area contributed by atoms with E-state index < -0.39 is 35.3 Å². The van der Waals surface area contributed by atoms with Crippen molar-refractivity contribution in [1.29, 1.82) is 0 Å². The second-order valence-corrected chi connectivity index (χ2v) is 7.65. The number of amides is 2. The molecule has 13 nitrogen and oxygen atoms in total. The Morgan fingerprint density at radius 2 is 1.63 bits per heavy atom. The Labute approximate surface area is 218 Å². The first-order valence-corrected chi connectivity index (χ1v) is 11.3. The second-order valence-electron chi connectivity index (χ2n) is 7.65. The highest BCUT2D eigenvalue weighted by Gasteiger charge is 2.23. The molecule has 2 atom stereocenters. The van der Waals surface area contributed by atoms with Crippen LogP contribution in [0.4, 0.5) is 15.3 Å². The molecule has 202 valence electrons. The van der Waals surface area contributed by atoms with Crippen LogP contribution in [0.3, 0.4) is 0 Å². The Kier molecular flexibility index (Phi) is 10.7. The van der Waals surface area contributed by atoms with Gasteiger partial charge in [-0.1, -0.05) is 6.07 Å². The lowest BCUT2D eigenvalue weighted by Gasteiger charge is -2.16. The van der Waals surface area contributed by atoms with E-state index in [9.17, 15) is 24.5 Å². The summed E-state index contributed by atoms with van der Waals surface area (Å²) >= 11 is 0. The van der Waals surface area contributed by atoms with Gasteiger partial charge in [-0.3, -0.25) is 15.0 Å². The van der Waals surface area contributed by atoms with Gasteiger partial charge in [-0.15, -0.1) is 0 Å². The first-order chi connectivity index (χ1) is 18.0. The summed E-state index contributed by atoms with van der Waals surface area (Å²) in [5, 5.41) is 16.1. The molecule has 0 spiro atoms. The molecule has 0 saturated heterocycles. The molecule has 2 unspecified atom stereocenters. The van der Waals surface area contributed by atoms with Gasteiger partial charge in [0.15, 0.2) is 11.9 Å². The largest absolute Gasteiger partial charge is 0.442 e. The minimum absolute atomic E-state index is 0.00454. The summed E-state index contributed by atoms with van der Waals surface area (Å²) in [7, 11) is 1.35. The highest BCUT2D eigenvalue weighted by molar-refractivity contribution is 5.89. The summed E-state index contributed by atoms with van der Waals surface area (Å²) in [6.07, 6.45) is -0.905. The van der Waals surface area contributed by atoms with E-state index in [2.05, 4.69) is 16.6 Å². The van der Waals surface area contributed by atoms with E-state index in [4.69, 9.17) is 24.0 Å². The van der Waals surface area contributed by atoms with E-state index in [1.807, 2.05) is 13.0 Å². The van der Waals surface area contributed by atoms with Gasteiger partial charge in [0, 0.05) is 19.7 Å². The van der Waals surface area contributed by atoms with E-state index in [1.165, 1.54) is 26.1 Å². The maximum atomic E-state index is 12.1. The topological polar surface area (TPSA) is 165 Å². The lowest BCUT2D eigenvalue weighted by molar-refractivity contribution is -0.386. The molecule has 38 heavy (non-hydrogen) atoms. The average molecular weight is 530 g/mol. The number of esters is 1. The number of carbonyl (C=O) groups is 3. The maximum Gasteiger partial charge on any atom is 0.407 e. The van der Waals surface area contributed by atoms with Crippen molar-refractivity contribution in [1.82, 2.24) is 10.6 Å². The monoisotopic (exact) mass is 529 g/mol. The fourth-order valence-corrected chi connectivity index (χ4v) is 3.15. The predicted octanol–water partition coefficient (Wildman–Crippen LogP) is 4.00. The summed E-state index contributed by atoms with van der Waals surface area (Å²) in [4.78, 5) is 55.6. The number of rotatable bonds is 9. The lowest BCUT2D eigenvalue weighted by atomic mass is 10.0. The summed E-state index contributed by atoms with van der Waals surface area (Å²) in [5.74, 6) is 1.29. The zero-order valence-corrected chi connectivity index (χ0v) is 21.4. The van der Waals surface area contributed by atoms with Crippen LogP contribution >= 0.6 is 0 Å². The summed E-state index contributed by atoms with van der Waals surface area (Å²) in [5.41, 5.74) is 1.21. The van der Waals surface area contributed by atoms with Gasteiger partial charge in [0.2, 0.25) is 0 Å². The van der Waals surface area contributed by atoms with E-state index >= 15 is 0 Å². The highest BCUT2D eigenvalue weighted by atomic mass is 17.2. The van der Waals surface area contributed by atoms with E-state index in [0.717, 1.165) is 11.6 Å². The third-order valence-electron chi connectivity index (χ3n) is 4.96. The Morgan fingerprint density at radius 1 is 1.00 bits per heavy atom. The van der Waals surface area contributed by atoms with Gasteiger partial charge in [-0.05, 0) is 63.1 Å². The number of alkyl carbamates (subject to hydrolysis) is 2. The minimum atomic E-state index is -0.978. The van der Waals surface area contributed by atoms with Crippen molar-refractivity contribution in [2.45, 2.75) is 39.9 Å². The maximum absolute atomic E-state index is 12.1. The van der Waals surface area contributed by atoms with Crippen molar-refractivity contribution >= 4 is 23.8 Å². The van der Waals surface area contributed by atoms with Crippen molar-refractivity contribution in [3.05, 3.63) is 63.2 Å². The smallest absolute Gasteiger partial charge is 0.407 e. The third-order valence-corrected chi connectivity index (χ3v) is 4.96. The molecular weight excluding hydrogens is 502 g/mol. The van der Waals surface area contributed by atoms with Crippen molar-refractivity contribution < 1.29 is 43.3 Å². The Morgan fingerprint density at radius 3 is 2.29 bits per heavy atom. The molecule has 2 amide bonds. The normalized spacial score (nSPS) is 11.5. The minimum Gasteiger partial charge on any atom is -0.442 e. The van der Waals surface area contributed by atoms with Gasteiger partial charge >= 0.3 is 18.2 Å². The number of hydrogen-bond acceptors (Lipinski definition) is 10. The quantitative estimate of drug-likeness (QED) is 0.121. The Bertz CT molecular complexity index is 1250. The fourth-order valence-electron chi connectivity index (χ4n) is 3.15. The molecule has 0 heterocycles. The molecule has 0 aliphatic rings. The number of nitrogens with zero attached hydrogens (tertiary/aromatic N) is 1. The average Bonchev–Trinajstić information content (AvgIpc) is 2.87. The number of ether oxygens (including phenoxy) is 3. The summed E-state index contributed by atoms with van der Waals surface area (Å²) < 4.78 is 15.5. The zero-order valence-electron chi connectivity index (χ0n) is 21.4. The fraction of sp³-hybridized carbons (Fsp3) is 0.320. The van der Waals surface area contributed by atoms with Crippen molar-refractivity contribution in [2.75, 3.05) is 13.6 Å². The first-order valence-electron chi connectivity index (χ1n) is 11.3. The highest BCUT2D eigenvalue weighted by Crippen LogP contribution is 2.31. The van der Waals surface area contributed by atoms with Gasteiger partial charge < -0.3 is 24.8 Å². The standard InChI is InChI=1S/C25H27N3O10/c1-6-27-25(31)36-16(3)20-13-18(8-7-15(20)2)37-23(29)11-12-34-38-19-9-10-22(28(32)33)21(14-19)17(4)35-24(30)26-5/h7-10,13-14,16-17H,6H2,1-5H3,(H,26,30)(H,27,31). The van der Waals surface area contributed by atoms with Crippen molar-refractivity contribution in [2.24, 2.45) is 0 Å². The number of nitro benzene ring substituents is 1. The van der Waals surface area contributed by atoms with E-state index in [-0.39, 0.29) is 22.7 Å². The van der Waals surface area contributed by atoms with Crippen LogP contribution in [0.2, 0.25) is 0 Å². The van der Waals surface area contributed by atoms with Crippen LogP contribution in [0.15, 0.2) is 36.4 Å². The molecule has 0 aromatic heterocycles. The zero-order chi connectivity index (χ0) is 28.2. The van der Waals surface area contributed by atoms with Crippen LogP contribution in [0.1, 0.15) is 49.7 Å². The lowest BCUT2D eigenvalue weighted by Crippen LogP contribution is -2.25. The first kappa shape index (κ1) is 29.2. The predicted molar refractivity (Wildman–Crippen MR) is 132 cm³/mol. The number of carbonyl (C=O) groups excluding carboxylic acids is 3. The van der Waals surface area contributed by atoms with Crippen LogP contribution in [0.25, 0.3) is 0 Å². The summed E-state index contributed by atoms with van der Waals surface area (Å²) in [6.45, 7) is 7.13. The number of aryl methyl sites for hydroxylation is 1. The molecule has 0 bridgehead atoms. The van der Waals surface area contributed by atoms with Gasteiger partial charge in [-0.2, -0.15) is 0 Å². The molecule has 13 heteroatoms. The molecule has 0 aliphatic heterocycles. The molecule has 0 fully saturated rings. The Balaban J connectivity index is 2.03. The SMILES string of the molecule is CCNC(=O)OC(C)c1cc(OC(=O)C#COOc2ccc([N+](=O)[O-])c(C(C)OC(=O)NC)c2)ccc1C.